The molecule has 0 aromatic rings. The average Bonchev–Trinajstić information content (AvgIpc) is 3.61. The Morgan fingerprint density at radius 3 is 0.747 bits per heavy atom. The van der Waals surface area contributed by atoms with E-state index < -0.39 is 97.5 Å². The molecule has 0 spiro atoms. The second-order valence-corrected chi connectivity index (χ2v) is 29.8. The third-order valence-electron chi connectivity index (χ3n) is 16.7. The van der Waals surface area contributed by atoms with Crippen LogP contribution in [0.1, 0.15) is 369 Å². The molecule has 540 valence electrons. The molecular weight excluding hydrogens is 1200 g/mol. The maximum absolute atomic E-state index is 13.0. The Bertz CT molecular complexity index is 1770. The minimum atomic E-state index is -4.95. The van der Waals surface area contributed by atoms with Gasteiger partial charge in [0.15, 0.2) is 12.2 Å². The summed E-state index contributed by atoms with van der Waals surface area (Å²) in [5.74, 6) is -0.641. The van der Waals surface area contributed by atoms with Crippen LogP contribution in [0.25, 0.3) is 0 Å². The topological polar surface area (TPSA) is 237 Å². The zero-order valence-corrected chi connectivity index (χ0v) is 60.9. The Hall–Kier alpha value is -1.94. The Kier molecular flexibility index (Phi) is 62.7. The predicted octanol–water partition coefficient (Wildman–Crippen LogP) is 20.8. The van der Waals surface area contributed by atoms with Gasteiger partial charge in [0.25, 0.3) is 0 Å². The van der Waals surface area contributed by atoms with Crippen LogP contribution in [0.5, 0.6) is 0 Å². The number of ether oxygens (including phenoxy) is 4. The van der Waals surface area contributed by atoms with Crippen LogP contribution in [0.2, 0.25) is 0 Å². The van der Waals surface area contributed by atoms with Gasteiger partial charge in [0, 0.05) is 25.7 Å². The third-order valence-corrected chi connectivity index (χ3v) is 18.6. The normalized spacial score (nSPS) is 14.1. The smallest absolute Gasteiger partial charge is 0.462 e. The third kappa shape index (κ3) is 66.5. The van der Waals surface area contributed by atoms with E-state index in [1.165, 1.54) is 173 Å². The number of hydrogen-bond acceptors (Lipinski definition) is 15. The SMILES string of the molecule is CCCCCCCCCCCCCCCCCCCCC(=O)O[C@H](COC(=O)CCCCCCCCCCCCCCCC(C)C)COP(=O)(O)OC[C@@H](O)COP(=O)(O)OC[C@@H](COC(=O)CCCCCCCCC)OC(=O)CCCCCCCCCC(C)C. The first-order chi connectivity index (χ1) is 43.9. The molecule has 0 aromatic heterocycles. The number of phosphoric ester groups is 2. The summed E-state index contributed by atoms with van der Waals surface area (Å²) in [6, 6.07) is 0. The molecule has 2 unspecified atom stereocenters. The maximum atomic E-state index is 13.0. The molecule has 0 saturated carbocycles. The Morgan fingerprint density at radius 2 is 0.505 bits per heavy atom. The highest BCUT2D eigenvalue weighted by atomic mass is 31.2. The van der Waals surface area contributed by atoms with E-state index in [9.17, 15) is 43.2 Å². The van der Waals surface area contributed by atoms with Crippen molar-refractivity contribution in [3.63, 3.8) is 0 Å². The molecule has 0 saturated heterocycles. The average molecular weight is 1340 g/mol. The van der Waals surface area contributed by atoms with Crippen molar-refractivity contribution < 1.29 is 80.2 Å². The van der Waals surface area contributed by atoms with Gasteiger partial charge in [-0.25, -0.2) is 9.13 Å². The Labute approximate surface area is 556 Å². The number of carbonyl (C=O) groups is 4. The second kappa shape index (κ2) is 64.1. The van der Waals surface area contributed by atoms with Crippen molar-refractivity contribution in [1.29, 1.82) is 0 Å². The lowest BCUT2D eigenvalue weighted by Crippen LogP contribution is -2.30. The van der Waals surface area contributed by atoms with Crippen molar-refractivity contribution in [2.24, 2.45) is 11.8 Å². The number of aliphatic hydroxyl groups is 1. The number of esters is 4. The fourth-order valence-electron chi connectivity index (χ4n) is 10.9. The molecule has 0 heterocycles. The van der Waals surface area contributed by atoms with Gasteiger partial charge in [-0.3, -0.25) is 37.3 Å². The molecule has 91 heavy (non-hydrogen) atoms. The molecule has 17 nitrogen and oxygen atoms in total. The molecule has 0 aliphatic heterocycles. The van der Waals surface area contributed by atoms with Gasteiger partial charge in [0.2, 0.25) is 0 Å². The van der Waals surface area contributed by atoms with Crippen molar-refractivity contribution in [2.75, 3.05) is 39.6 Å². The van der Waals surface area contributed by atoms with E-state index in [0.717, 1.165) is 109 Å². The highest BCUT2D eigenvalue weighted by molar-refractivity contribution is 7.47. The van der Waals surface area contributed by atoms with E-state index in [2.05, 4.69) is 41.5 Å². The summed E-state index contributed by atoms with van der Waals surface area (Å²) >= 11 is 0. The fourth-order valence-corrected chi connectivity index (χ4v) is 12.5. The molecule has 0 rings (SSSR count). The first-order valence-electron chi connectivity index (χ1n) is 37.5. The summed E-state index contributed by atoms with van der Waals surface area (Å²) < 4.78 is 68.2. The minimum Gasteiger partial charge on any atom is -0.462 e. The monoisotopic (exact) mass is 1340 g/mol. The number of carbonyl (C=O) groups excluding carboxylic acids is 4. The first-order valence-corrected chi connectivity index (χ1v) is 40.5. The molecule has 0 aromatic carbocycles. The van der Waals surface area contributed by atoms with Gasteiger partial charge in [-0.1, -0.05) is 318 Å². The quantitative estimate of drug-likeness (QED) is 0.0222. The number of hydrogen-bond donors (Lipinski definition) is 3. The Morgan fingerprint density at radius 1 is 0.297 bits per heavy atom. The molecule has 0 fully saturated rings. The summed E-state index contributed by atoms with van der Waals surface area (Å²) in [4.78, 5) is 72.5. The highest BCUT2D eigenvalue weighted by Gasteiger charge is 2.30. The van der Waals surface area contributed by atoms with Gasteiger partial charge in [0.1, 0.15) is 19.3 Å². The van der Waals surface area contributed by atoms with Crippen LogP contribution < -0.4 is 0 Å². The van der Waals surface area contributed by atoms with E-state index in [0.29, 0.717) is 31.6 Å². The number of aliphatic hydroxyl groups excluding tert-OH is 1. The van der Waals surface area contributed by atoms with E-state index in [-0.39, 0.29) is 25.7 Å². The van der Waals surface area contributed by atoms with Crippen LogP contribution in [0.15, 0.2) is 0 Å². The molecule has 0 aliphatic carbocycles. The van der Waals surface area contributed by atoms with Gasteiger partial charge in [-0.05, 0) is 37.5 Å². The van der Waals surface area contributed by atoms with Crippen LogP contribution >= 0.6 is 15.6 Å². The fraction of sp³-hybridized carbons (Fsp3) is 0.944. The van der Waals surface area contributed by atoms with Crippen LogP contribution in [-0.4, -0.2) is 96.7 Å². The molecule has 0 aliphatic rings. The van der Waals surface area contributed by atoms with E-state index in [4.69, 9.17) is 37.0 Å². The second-order valence-electron chi connectivity index (χ2n) is 26.9. The van der Waals surface area contributed by atoms with Crippen molar-refractivity contribution in [3.05, 3.63) is 0 Å². The first kappa shape index (κ1) is 89.1. The molecule has 3 N–H and O–H groups in total. The van der Waals surface area contributed by atoms with Crippen molar-refractivity contribution in [3.8, 4) is 0 Å². The number of phosphoric acid groups is 2. The van der Waals surface area contributed by atoms with Gasteiger partial charge in [-0.2, -0.15) is 0 Å². The number of unbranched alkanes of at least 4 members (excludes halogenated alkanes) is 41. The van der Waals surface area contributed by atoms with Crippen LogP contribution in [0.3, 0.4) is 0 Å². The zero-order valence-electron chi connectivity index (χ0n) is 59.1. The summed E-state index contributed by atoms with van der Waals surface area (Å²) in [6.45, 7) is 9.48. The lowest BCUT2D eigenvalue weighted by atomic mass is 10.0. The predicted molar refractivity (Wildman–Crippen MR) is 368 cm³/mol. The van der Waals surface area contributed by atoms with Gasteiger partial charge in [-0.15, -0.1) is 0 Å². The van der Waals surface area contributed by atoms with Gasteiger partial charge in [0.05, 0.1) is 26.4 Å². The standard InChI is InChI=1S/C72H140O17P2/c1-7-9-11-13-15-16-17-18-19-20-21-22-25-29-32-38-44-50-56-71(76)88-68(61-83-70(75)55-49-43-37-31-28-26-23-24-27-30-35-40-46-52-64(3)4)63-87-91(80,81)85-59-66(73)58-84-90(78,79)86-62-67(60-82-69(74)54-48-42-34-14-12-10-8-2)89-72(77)57-51-45-39-33-36-41-47-53-65(5)6/h64-68,73H,7-63H2,1-6H3,(H,78,79)(H,80,81)/t66-,67+,68+/m0/s1. The highest BCUT2D eigenvalue weighted by Crippen LogP contribution is 2.45. The summed E-state index contributed by atoms with van der Waals surface area (Å²) in [5.41, 5.74) is 0. The van der Waals surface area contributed by atoms with Crippen molar-refractivity contribution in [1.82, 2.24) is 0 Å². The minimum absolute atomic E-state index is 0.103. The summed E-state index contributed by atoms with van der Waals surface area (Å²) in [7, 11) is -9.90. The number of rotatable bonds is 71. The van der Waals surface area contributed by atoms with Crippen LogP contribution in [0.4, 0.5) is 0 Å². The van der Waals surface area contributed by atoms with E-state index >= 15 is 0 Å². The molecule has 5 atom stereocenters. The van der Waals surface area contributed by atoms with Crippen molar-refractivity contribution in [2.45, 2.75) is 387 Å². The van der Waals surface area contributed by atoms with Crippen LogP contribution in [0, 0.1) is 11.8 Å². The largest absolute Gasteiger partial charge is 0.472 e. The molecular formula is C72H140O17P2. The summed E-state index contributed by atoms with van der Waals surface area (Å²) in [6.07, 6.45) is 50.2. The van der Waals surface area contributed by atoms with E-state index in [1.807, 2.05) is 0 Å². The molecule has 0 radical (unpaired) electrons. The zero-order chi connectivity index (χ0) is 67.2. The van der Waals surface area contributed by atoms with Gasteiger partial charge < -0.3 is 33.8 Å². The Balaban J connectivity index is 5.18. The molecule has 0 amide bonds. The van der Waals surface area contributed by atoms with Crippen molar-refractivity contribution >= 4 is 39.5 Å². The molecule has 0 bridgehead atoms. The van der Waals surface area contributed by atoms with Gasteiger partial charge >= 0.3 is 39.5 Å². The lowest BCUT2D eigenvalue weighted by Gasteiger charge is -2.21. The maximum Gasteiger partial charge on any atom is 0.472 e. The summed E-state index contributed by atoms with van der Waals surface area (Å²) in [5, 5.41) is 10.6. The van der Waals surface area contributed by atoms with E-state index in [1.54, 1.807) is 0 Å². The lowest BCUT2D eigenvalue weighted by molar-refractivity contribution is -0.161. The molecule has 19 heteroatoms. The van der Waals surface area contributed by atoms with Crippen LogP contribution in [-0.2, 0) is 65.4 Å².